The van der Waals surface area contributed by atoms with E-state index >= 15 is 0 Å². The summed E-state index contributed by atoms with van der Waals surface area (Å²) in [5, 5.41) is 3.13. The van der Waals surface area contributed by atoms with Crippen molar-refractivity contribution in [2.24, 2.45) is 0 Å². The normalized spacial score (nSPS) is 24.1. The largest absolute Gasteiger partial charge is 0.382 e. The van der Waals surface area contributed by atoms with E-state index in [2.05, 4.69) is 41.1 Å². The molecule has 1 aromatic carbocycles. The summed E-state index contributed by atoms with van der Waals surface area (Å²) in [5.41, 5.74) is 1.32. The maximum absolute atomic E-state index is 5.89. The van der Waals surface area contributed by atoms with Crippen molar-refractivity contribution < 1.29 is 9.47 Å². The minimum Gasteiger partial charge on any atom is -0.382 e. The number of methoxy groups -OCH3 is 1. The standard InChI is InChI=1S/C15H22N2O2/c1-3-16-15-11-17(10-14(19-15)12-18-2)9-13-7-5-4-6-8-13/h3-8,14-16H,1,9-12H2,2H3/t14-,15+/m0/s1. The Balaban J connectivity index is 1.96. The van der Waals surface area contributed by atoms with Crippen molar-refractivity contribution in [2.75, 3.05) is 26.8 Å². The number of nitrogens with zero attached hydrogens (tertiary/aromatic N) is 1. The summed E-state index contributed by atoms with van der Waals surface area (Å²) in [6.45, 7) is 6.97. The third-order valence-electron chi connectivity index (χ3n) is 3.15. The molecule has 2 atom stereocenters. The zero-order chi connectivity index (χ0) is 13.5. The van der Waals surface area contributed by atoms with Crippen molar-refractivity contribution in [1.29, 1.82) is 0 Å². The van der Waals surface area contributed by atoms with E-state index in [4.69, 9.17) is 9.47 Å². The number of ether oxygens (including phenoxy) is 2. The van der Waals surface area contributed by atoms with Crippen LogP contribution in [0.2, 0.25) is 0 Å². The molecule has 104 valence electrons. The number of rotatable bonds is 6. The van der Waals surface area contributed by atoms with E-state index in [0.717, 1.165) is 19.6 Å². The molecule has 1 aliphatic rings. The topological polar surface area (TPSA) is 33.7 Å². The summed E-state index contributed by atoms with van der Waals surface area (Å²) in [5.74, 6) is 0. The van der Waals surface area contributed by atoms with Crippen molar-refractivity contribution in [2.45, 2.75) is 18.9 Å². The molecule has 1 aromatic rings. The molecule has 0 radical (unpaired) electrons. The predicted molar refractivity (Wildman–Crippen MR) is 75.6 cm³/mol. The number of morpholine rings is 1. The Morgan fingerprint density at radius 1 is 1.42 bits per heavy atom. The van der Waals surface area contributed by atoms with Gasteiger partial charge in [-0.05, 0) is 11.8 Å². The fourth-order valence-corrected chi connectivity index (χ4v) is 2.39. The molecule has 2 rings (SSSR count). The van der Waals surface area contributed by atoms with Gasteiger partial charge in [0.05, 0.1) is 12.7 Å². The lowest BCUT2D eigenvalue weighted by Crippen LogP contribution is -2.52. The summed E-state index contributed by atoms with van der Waals surface area (Å²) in [4.78, 5) is 2.38. The molecule has 0 aliphatic carbocycles. The maximum Gasteiger partial charge on any atom is 0.140 e. The van der Waals surface area contributed by atoms with E-state index in [1.165, 1.54) is 5.56 Å². The van der Waals surface area contributed by atoms with Crippen LogP contribution >= 0.6 is 0 Å². The minimum atomic E-state index is -0.0184. The fourth-order valence-electron chi connectivity index (χ4n) is 2.39. The molecule has 19 heavy (non-hydrogen) atoms. The molecule has 0 aromatic heterocycles. The van der Waals surface area contributed by atoms with Crippen LogP contribution in [0.3, 0.4) is 0 Å². The Hall–Kier alpha value is -1.36. The van der Waals surface area contributed by atoms with E-state index in [-0.39, 0.29) is 12.3 Å². The molecule has 0 amide bonds. The predicted octanol–water partition coefficient (Wildman–Crippen LogP) is 1.59. The van der Waals surface area contributed by atoms with Gasteiger partial charge in [0.2, 0.25) is 0 Å². The average molecular weight is 262 g/mol. The Labute approximate surface area is 115 Å². The van der Waals surface area contributed by atoms with Crippen LogP contribution in [0.1, 0.15) is 5.56 Å². The highest BCUT2D eigenvalue weighted by atomic mass is 16.5. The number of benzene rings is 1. The van der Waals surface area contributed by atoms with Crippen molar-refractivity contribution in [3.8, 4) is 0 Å². The van der Waals surface area contributed by atoms with E-state index in [0.29, 0.717) is 6.61 Å². The van der Waals surface area contributed by atoms with E-state index in [1.54, 1.807) is 13.3 Å². The first kappa shape index (κ1) is 14.1. The van der Waals surface area contributed by atoms with E-state index in [9.17, 15) is 0 Å². The van der Waals surface area contributed by atoms with Crippen molar-refractivity contribution >= 4 is 0 Å². The molecule has 0 spiro atoms. The first-order chi connectivity index (χ1) is 9.31. The molecule has 0 saturated carbocycles. The average Bonchev–Trinajstić information content (AvgIpc) is 2.40. The van der Waals surface area contributed by atoms with Gasteiger partial charge in [-0.15, -0.1) is 0 Å². The molecule has 4 nitrogen and oxygen atoms in total. The van der Waals surface area contributed by atoms with E-state index in [1.807, 2.05) is 6.07 Å². The molecule has 1 fully saturated rings. The maximum atomic E-state index is 5.89. The lowest BCUT2D eigenvalue weighted by molar-refractivity contribution is -0.117. The summed E-state index contributed by atoms with van der Waals surface area (Å²) < 4.78 is 11.1. The van der Waals surface area contributed by atoms with Crippen molar-refractivity contribution in [3.63, 3.8) is 0 Å². The van der Waals surface area contributed by atoms with Crippen LogP contribution in [0.4, 0.5) is 0 Å². The molecule has 1 N–H and O–H groups in total. The molecule has 1 aliphatic heterocycles. The summed E-state index contributed by atoms with van der Waals surface area (Å²) in [7, 11) is 1.70. The fraction of sp³-hybridized carbons (Fsp3) is 0.467. The van der Waals surface area contributed by atoms with Gasteiger partial charge in [0.15, 0.2) is 0 Å². The van der Waals surface area contributed by atoms with Gasteiger partial charge in [-0.3, -0.25) is 4.90 Å². The minimum absolute atomic E-state index is 0.0184. The summed E-state index contributed by atoms with van der Waals surface area (Å²) in [6.07, 6.45) is 1.76. The van der Waals surface area contributed by atoms with Crippen LogP contribution < -0.4 is 5.32 Å². The second-order valence-electron chi connectivity index (χ2n) is 4.75. The molecular formula is C15H22N2O2. The number of nitrogens with one attached hydrogen (secondary N) is 1. The Morgan fingerprint density at radius 2 is 2.21 bits per heavy atom. The second kappa shape index (κ2) is 7.28. The monoisotopic (exact) mass is 262 g/mol. The summed E-state index contributed by atoms with van der Waals surface area (Å²) >= 11 is 0. The zero-order valence-electron chi connectivity index (χ0n) is 11.4. The van der Waals surface area contributed by atoms with Crippen LogP contribution in [0.5, 0.6) is 0 Å². The highest BCUT2D eigenvalue weighted by Crippen LogP contribution is 2.13. The van der Waals surface area contributed by atoms with Crippen LogP contribution in [0, 0.1) is 0 Å². The van der Waals surface area contributed by atoms with Crippen molar-refractivity contribution in [3.05, 3.63) is 48.7 Å². The smallest absolute Gasteiger partial charge is 0.140 e. The van der Waals surface area contributed by atoms with Gasteiger partial charge in [-0.2, -0.15) is 0 Å². The Kier molecular flexibility index (Phi) is 5.39. The zero-order valence-corrected chi connectivity index (χ0v) is 11.4. The molecule has 1 saturated heterocycles. The molecule has 1 heterocycles. The third-order valence-corrected chi connectivity index (χ3v) is 3.15. The Bertz CT molecular complexity index is 383. The second-order valence-corrected chi connectivity index (χ2v) is 4.75. The van der Waals surface area contributed by atoms with Crippen LogP contribution in [-0.4, -0.2) is 44.0 Å². The SMILES string of the molecule is C=CN[C@H]1CN(Cc2ccccc2)C[C@@H](COC)O1. The molecule has 0 bridgehead atoms. The van der Waals surface area contributed by atoms with Gasteiger partial charge in [-0.1, -0.05) is 36.9 Å². The summed E-state index contributed by atoms with van der Waals surface area (Å²) in [6, 6.07) is 10.5. The van der Waals surface area contributed by atoms with E-state index < -0.39 is 0 Å². The van der Waals surface area contributed by atoms with Crippen LogP contribution in [0.15, 0.2) is 43.1 Å². The highest BCUT2D eigenvalue weighted by Gasteiger charge is 2.26. The van der Waals surface area contributed by atoms with Gasteiger partial charge >= 0.3 is 0 Å². The van der Waals surface area contributed by atoms with Crippen molar-refractivity contribution in [1.82, 2.24) is 10.2 Å². The van der Waals surface area contributed by atoms with Gasteiger partial charge in [0.25, 0.3) is 0 Å². The first-order valence-corrected chi connectivity index (χ1v) is 6.59. The lowest BCUT2D eigenvalue weighted by Gasteiger charge is -2.37. The quantitative estimate of drug-likeness (QED) is 0.844. The molecule has 4 heteroatoms. The third kappa shape index (κ3) is 4.35. The van der Waals surface area contributed by atoms with Gasteiger partial charge in [0, 0.05) is 26.7 Å². The number of hydrogen-bond donors (Lipinski definition) is 1. The van der Waals surface area contributed by atoms with Gasteiger partial charge in [0.1, 0.15) is 6.23 Å². The molecule has 0 unspecified atom stereocenters. The highest BCUT2D eigenvalue weighted by molar-refractivity contribution is 5.14. The van der Waals surface area contributed by atoms with Gasteiger partial charge in [-0.25, -0.2) is 0 Å². The number of hydrogen-bond acceptors (Lipinski definition) is 4. The Morgan fingerprint density at radius 3 is 2.89 bits per heavy atom. The lowest BCUT2D eigenvalue weighted by atomic mass is 10.2. The van der Waals surface area contributed by atoms with Crippen LogP contribution in [-0.2, 0) is 16.0 Å². The van der Waals surface area contributed by atoms with Crippen LogP contribution in [0.25, 0.3) is 0 Å². The molecular weight excluding hydrogens is 240 g/mol. The first-order valence-electron chi connectivity index (χ1n) is 6.59. The van der Waals surface area contributed by atoms with Gasteiger partial charge < -0.3 is 14.8 Å².